The van der Waals surface area contributed by atoms with Gasteiger partial charge < -0.3 is 4.74 Å². The molecule has 2 heteroatoms. The summed E-state index contributed by atoms with van der Waals surface area (Å²) in [5.74, 6) is 0.633. The fourth-order valence-electron chi connectivity index (χ4n) is 2.15. The Labute approximate surface area is 98.4 Å². The van der Waals surface area contributed by atoms with Crippen LogP contribution in [0.3, 0.4) is 0 Å². The van der Waals surface area contributed by atoms with Gasteiger partial charge in [0.1, 0.15) is 5.75 Å². The van der Waals surface area contributed by atoms with Gasteiger partial charge in [-0.1, -0.05) is 48.5 Å². The quantitative estimate of drug-likeness (QED) is 0.489. The molecule has 0 amide bonds. The van der Waals surface area contributed by atoms with Crippen molar-refractivity contribution >= 4 is 28.0 Å². The van der Waals surface area contributed by atoms with Crippen LogP contribution >= 0.6 is 0 Å². The topological polar surface area (TPSA) is 26.3 Å². The summed E-state index contributed by atoms with van der Waals surface area (Å²) in [5.41, 5.74) is 0. The molecule has 0 spiro atoms. The fourth-order valence-corrected chi connectivity index (χ4v) is 2.15. The highest BCUT2D eigenvalue weighted by Crippen LogP contribution is 2.34. The van der Waals surface area contributed by atoms with E-state index in [0.717, 1.165) is 21.5 Å². The van der Waals surface area contributed by atoms with E-state index in [4.69, 9.17) is 4.74 Å². The summed E-state index contributed by atoms with van der Waals surface area (Å²) in [6, 6.07) is 17.9. The maximum atomic E-state index is 10.6. The van der Waals surface area contributed by atoms with E-state index < -0.39 is 0 Å². The zero-order valence-corrected chi connectivity index (χ0v) is 9.09. The van der Waals surface area contributed by atoms with Crippen molar-refractivity contribution in [3.63, 3.8) is 0 Å². The van der Waals surface area contributed by atoms with Gasteiger partial charge in [-0.15, -0.1) is 0 Å². The molecule has 0 unspecified atom stereocenters. The molecule has 0 bridgehead atoms. The molecular formula is C15H10O2. The van der Waals surface area contributed by atoms with E-state index in [1.165, 1.54) is 0 Å². The SMILES string of the molecule is O=COc1c2ccccc2cc2ccccc12. The Morgan fingerprint density at radius 3 is 1.88 bits per heavy atom. The van der Waals surface area contributed by atoms with Crippen molar-refractivity contribution in [1.29, 1.82) is 0 Å². The van der Waals surface area contributed by atoms with Crippen LogP contribution in [0.15, 0.2) is 54.6 Å². The van der Waals surface area contributed by atoms with Crippen molar-refractivity contribution in [1.82, 2.24) is 0 Å². The van der Waals surface area contributed by atoms with Crippen molar-refractivity contribution in [3.05, 3.63) is 54.6 Å². The van der Waals surface area contributed by atoms with Gasteiger partial charge in [0.2, 0.25) is 0 Å². The number of hydrogen-bond donors (Lipinski definition) is 0. The molecule has 0 saturated heterocycles. The molecule has 0 radical (unpaired) electrons. The first-order valence-corrected chi connectivity index (χ1v) is 5.41. The van der Waals surface area contributed by atoms with E-state index in [1.54, 1.807) is 0 Å². The lowest BCUT2D eigenvalue weighted by molar-refractivity contribution is -0.120. The molecule has 17 heavy (non-hydrogen) atoms. The molecule has 0 heterocycles. The van der Waals surface area contributed by atoms with Crippen LogP contribution < -0.4 is 4.74 Å². The van der Waals surface area contributed by atoms with Gasteiger partial charge in [-0.05, 0) is 16.8 Å². The van der Waals surface area contributed by atoms with E-state index in [1.807, 2.05) is 48.5 Å². The zero-order valence-electron chi connectivity index (χ0n) is 9.09. The molecule has 0 fully saturated rings. The van der Waals surface area contributed by atoms with Gasteiger partial charge in [-0.2, -0.15) is 0 Å². The molecule has 3 rings (SSSR count). The molecule has 0 aromatic heterocycles. The van der Waals surface area contributed by atoms with Crippen LogP contribution in [0.1, 0.15) is 0 Å². The van der Waals surface area contributed by atoms with Gasteiger partial charge in [0.25, 0.3) is 6.47 Å². The van der Waals surface area contributed by atoms with Gasteiger partial charge in [0, 0.05) is 10.8 Å². The van der Waals surface area contributed by atoms with Crippen LogP contribution in [0, 0.1) is 0 Å². The maximum Gasteiger partial charge on any atom is 0.298 e. The molecule has 0 aliphatic rings. The minimum absolute atomic E-state index is 0.480. The third-order valence-electron chi connectivity index (χ3n) is 2.89. The molecule has 2 nitrogen and oxygen atoms in total. The first kappa shape index (κ1) is 9.85. The Morgan fingerprint density at radius 2 is 1.35 bits per heavy atom. The highest BCUT2D eigenvalue weighted by atomic mass is 16.5. The predicted molar refractivity (Wildman–Crippen MR) is 68.1 cm³/mol. The Morgan fingerprint density at radius 1 is 0.824 bits per heavy atom. The Bertz CT molecular complexity index is 647. The lowest BCUT2D eigenvalue weighted by atomic mass is 10.0. The lowest BCUT2D eigenvalue weighted by Gasteiger charge is -2.08. The third-order valence-corrected chi connectivity index (χ3v) is 2.89. The van der Waals surface area contributed by atoms with Crippen LogP contribution in [0.4, 0.5) is 0 Å². The highest BCUT2D eigenvalue weighted by molar-refractivity contribution is 6.05. The number of carbonyl (C=O) groups is 1. The second kappa shape index (κ2) is 3.91. The van der Waals surface area contributed by atoms with E-state index in [0.29, 0.717) is 12.2 Å². The second-order valence-electron chi connectivity index (χ2n) is 3.86. The minimum atomic E-state index is 0.480. The van der Waals surface area contributed by atoms with Crippen LogP contribution in [-0.4, -0.2) is 6.47 Å². The van der Waals surface area contributed by atoms with Crippen molar-refractivity contribution in [3.8, 4) is 5.75 Å². The summed E-state index contributed by atoms with van der Waals surface area (Å²) in [6.07, 6.45) is 0. The summed E-state index contributed by atoms with van der Waals surface area (Å²) in [6.45, 7) is 0.480. The number of hydrogen-bond acceptors (Lipinski definition) is 2. The maximum absolute atomic E-state index is 10.6. The smallest absolute Gasteiger partial charge is 0.298 e. The summed E-state index contributed by atoms with van der Waals surface area (Å²) in [4.78, 5) is 10.6. The molecule has 0 N–H and O–H groups in total. The van der Waals surface area contributed by atoms with E-state index >= 15 is 0 Å². The number of rotatable bonds is 2. The molecule has 0 atom stereocenters. The van der Waals surface area contributed by atoms with Crippen LogP contribution in [0.25, 0.3) is 21.5 Å². The van der Waals surface area contributed by atoms with E-state index in [2.05, 4.69) is 6.07 Å². The Hall–Kier alpha value is -2.35. The van der Waals surface area contributed by atoms with Gasteiger partial charge in [0.05, 0.1) is 0 Å². The standard InChI is InChI=1S/C15H10O2/c16-10-17-15-13-7-3-1-5-11(13)9-12-6-2-4-8-14(12)15/h1-10H. The second-order valence-corrected chi connectivity index (χ2v) is 3.86. The first-order valence-electron chi connectivity index (χ1n) is 5.41. The van der Waals surface area contributed by atoms with Crippen LogP contribution in [-0.2, 0) is 4.79 Å². The van der Waals surface area contributed by atoms with Crippen LogP contribution in [0.2, 0.25) is 0 Å². The van der Waals surface area contributed by atoms with E-state index in [9.17, 15) is 4.79 Å². The highest BCUT2D eigenvalue weighted by Gasteiger charge is 2.07. The molecular weight excluding hydrogens is 212 g/mol. The first-order chi connectivity index (χ1) is 8.40. The normalized spacial score (nSPS) is 10.6. The summed E-state index contributed by atoms with van der Waals surface area (Å²) < 4.78 is 5.15. The molecule has 82 valence electrons. The van der Waals surface area contributed by atoms with Gasteiger partial charge in [-0.3, -0.25) is 4.79 Å². The number of carbonyl (C=O) groups excluding carboxylic acids is 1. The van der Waals surface area contributed by atoms with Crippen LogP contribution in [0.5, 0.6) is 5.75 Å². The largest absolute Gasteiger partial charge is 0.427 e. The van der Waals surface area contributed by atoms with Crippen molar-refractivity contribution < 1.29 is 9.53 Å². The number of fused-ring (bicyclic) bond motifs is 2. The van der Waals surface area contributed by atoms with Gasteiger partial charge in [0.15, 0.2) is 0 Å². The lowest BCUT2D eigenvalue weighted by Crippen LogP contribution is -1.91. The zero-order chi connectivity index (χ0) is 11.7. The van der Waals surface area contributed by atoms with Crippen molar-refractivity contribution in [2.24, 2.45) is 0 Å². The Kier molecular flexibility index (Phi) is 2.26. The summed E-state index contributed by atoms with van der Waals surface area (Å²) >= 11 is 0. The molecule has 0 aliphatic carbocycles. The van der Waals surface area contributed by atoms with Gasteiger partial charge in [-0.25, -0.2) is 0 Å². The van der Waals surface area contributed by atoms with Crippen molar-refractivity contribution in [2.45, 2.75) is 0 Å². The van der Waals surface area contributed by atoms with E-state index in [-0.39, 0.29) is 0 Å². The third kappa shape index (κ3) is 1.54. The monoisotopic (exact) mass is 222 g/mol. The molecule has 0 saturated carbocycles. The summed E-state index contributed by atoms with van der Waals surface area (Å²) in [5, 5.41) is 4.06. The average molecular weight is 222 g/mol. The molecule has 3 aromatic carbocycles. The molecule has 0 aliphatic heterocycles. The van der Waals surface area contributed by atoms with Gasteiger partial charge >= 0.3 is 0 Å². The number of benzene rings is 3. The number of ether oxygens (including phenoxy) is 1. The van der Waals surface area contributed by atoms with Crippen molar-refractivity contribution in [2.75, 3.05) is 0 Å². The predicted octanol–water partition coefficient (Wildman–Crippen LogP) is 3.53. The summed E-state index contributed by atoms with van der Waals surface area (Å²) in [7, 11) is 0. The Balaban J connectivity index is 2.51. The average Bonchev–Trinajstić information content (AvgIpc) is 2.39. The fraction of sp³-hybridized carbons (Fsp3) is 0. The molecule has 3 aromatic rings. The minimum Gasteiger partial charge on any atom is -0.427 e.